The van der Waals surface area contributed by atoms with Crippen LogP contribution in [0.2, 0.25) is 0 Å². The van der Waals surface area contributed by atoms with Crippen LogP contribution in [-0.2, 0) is 0 Å². The molecule has 0 aliphatic carbocycles. The molecule has 0 saturated carbocycles. The summed E-state index contributed by atoms with van der Waals surface area (Å²) in [5.41, 5.74) is 0.686. The molecule has 0 bridgehead atoms. The maximum absolute atomic E-state index is 12.4. The van der Waals surface area contributed by atoms with Gasteiger partial charge in [0.15, 0.2) is 0 Å². The van der Waals surface area contributed by atoms with Gasteiger partial charge in [-0.05, 0) is 38.2 Å². The molecular weight excluding hydrogens is 312 g/mol. The van der Waals surface area contributed by atoms with Crippen molar-refractivity contribution in [2.75, 3.05) is 33.2 Å². The van der Waals surface area contributed by atoms with E-state index in [2.05, 4.69) is 40.5 Å². The van der Waals surface area contributed by atoms with Gasteiger partial charge in [-0.2, -0.15) is 0 Å². The maximum Gasteiger partial charge on any atom is 0.255 e. The van der Waals surface area contributed by atoms with Crippen molar-refractivity contribution in [1.82, 2.24) is 9.80 Å². The number of likely N-dealkylation sites (N-methyl/N-ethyl adjacent to an activating group) is 1. The Hall–Kier alpha value is -0.520. The Morgan fingerprint density at radius 3 is 2.78 bits per heavy atom. The second kappa shape index (κ2) is 6.08. The lowest BCUT2D eigenvalue weighted by Gasteiger charge is -2.21. The topological polar surface area (TPSA) is 23.6 Å². The molecule has 1 saturated heterocycles. The number of nitrogens with zero attached hydrogens (tertiary/aromatic N) is 2. The van der Waals surface area contributed by atoms with Crippen LogP contribution in [-0.4, -0.2) is 48.9 Å². The third-order valence-corrected chi connectivity index (χ3v) is 4.06. The van der Waals surface area contributed by atoms with Crippen molar-refractivity contribution in [3.05, 3.63) is 28.2 Å². The van der Waals surface area contributed by atoms with E-state index >= 15 is 0 Å². The van der Waals surface area contributed by atoms with E-state index in [1.54, 1.807) is 0 Å². The average Bonchev–Trinajstić information content (AvgIpc) is 2.53. The van der Waals surface area contributed by atoms with Gasteiger partial charge in [0.2, 0.25) is 0 Å². The number of amides is 1. The van der Waals surface area contributed by atoms with Crippen LogP contribution in [0, 0.1) is 0 Å². The quantitative estimate of drug-likeness (QED) is 0.801. The Morgan fingerprint density at radius 1 is 1.28 bits per heavy atom. The Morgan fingerprint density at radius 2 is 2.06 bits per heavy atom. The van der Waals surface area contributed by atoms with E-state index in [1.807, 2.05) is 23.1 Å². The fourth-order valence-electron chi connectivity index (χ4n) is 2.11. The van der Waals surface area contributed by atoms with Gasteiger partial charge in [-0.15, -0.1) is 12.6 Å². The van der Waals surface area contributed by atoms with Gasteiger partial charge >= 0.3 is 0 Å². The summed E-state index contributed by atoms with van der Waals surface area (Å²) in [6.07, 6.45) is 1.03. The van der Waals surface area contributed by atoms with Crippen LogP contribution in [0.1, 0.15) is 16.8 Å². The lowest BCUT2D eigenvalue weighted by atomic mass is 10.2. The van der Waals surface area contributed by atoms with Crippen LogP contribution in [0.4, 0.5) is 0 Å². The predicted molar refractivity (Wildman–Crippen MR) is 79.4 cm³/mol. The van der Waals surface area contributed by atoms with Crippen molar-refractivity contribution in [1.29, 1.82) is 0 Å². The molecule has 5 heteroatoms. The molecule has 98 valence electrons. The molecule has 0 spiro atoms. The number of rotatable bonds is 1. The number of thiol groups is 1. The molecule has 0 atom stereocenters. The lowest BCUT2D eigenvalue weighted by molar-refractivity contribution is 0.0759. The number of carbonyl (C=O) groups is 1. The van der Waals surface area contributed by atoms with E-state index in [9.17, 15) is 4.79 Å². The van der Waals surface area contributed by atoms with Gasteiger partial charge in [-0.1, -0.05) is 15.9 Å². The SMILES string of the molecule is CN1CCCN(C(=O)c2ccc(Br)cc2S)CC1. The summed E-state index contributed by atoms with van der Waals surface area (Å²) in [6, 6.07) is 5.58. The van der Waals surface area contributed by atoms with Crippen molar-refractivity contribution in [3.8, 4) is 0 Å². The third-order valence-electron chi connectivity index (χ3n) is 3.20. The minimum absolute atomic E-state index is 0.0859. The summed E-state index contributed by atoms with van der Waals surface area (Å²) in [4.78, 5) is 17.3. The molecule has 1 heterocycles. The summed E-state index contributed by atoms with van der Waals surface area (Å²) < 4.78 is 0.944. The summed E-state index contributed by atoms with van der Waals surface area (Å²) in [7, 11) is 2.09. The van der Waals surface area contributed by atoms with E-state index in [4.69, 9.17) is 0 Å². The number of benzene rings is 1. The molecular formula is C13H17BrN2OS. The fraction of sp³-hybridized carbons (Fsp3) is 0.462. The zero-order chi connectivity index (χ0) is 13.1. The fourth-order valence-corrected chi connectivity index (χ4v) is 2.95. The zero-order valence-corrected chi connectivity index (χ0v) is 12.9. The molecule has 18 heavy (non-hydrogen) atoms. The molecule has 1 aromatic carbocycles. The molecule has 2 rings (SSSR count). The number of hydrogen-bond donors (Lipinski definition) is 1. The van der Waals surface area contributed by atoms with Crippen LogP contribution in [0.25, 0.3) is 0 Å². The van der Waals surface area contributed by atoms with E-state index in [0.717, 1.165) is 42.0 Å². The molecule has 0 N–H and O–H groups in total. The summed E-state index contributed by atoms with van der Waals surface area (Å²) in [5.74, 6) is 0.0859. The van der Waals surface area contributed by atoms with Gasteiger partial charge in [0.1, 0.15) is 0 Å². The Balaban J connectivity index is 2.15. The zero-order valence-electron chi connectivity index (χ0n) is 10.4. The van der Waals surface area contributed by atoms with Gasteiger partial charge in [-0.3, -0.25) is 4.79 Å². The van der Waals surface area contributed by atoms with Gasteiger partial charge in [0.25, 0.3) is 5.91 Å². The van der Waals surface area contributed by atoms with Crippen molar-refractivity contribution >= 4 is 34.5 Å². The van der Waals surface area contributed by atoms with Crippen molar-refractivity contribution in [2.45, 2.75) is 11.3 Å². The van der Waals surface area contributed by atoms with Crippen LogP contribution in [0.15, 0.2) is 27.6 Å². The highest BCUT2D eigenvalue weighted by atomic mass is 79.9. The largest absolute Gasteiger partial charge is 0.337 e. The first kappa shape index (κ1) is 13.9. The summed E-state index contributed by atoms with van der Waals surface area (Å²) >= 11 is 7.76. The van der Waals surface area contributed by atoms with Gasteiger partial charge < -0.3 is 9.80 Å². The third kappa shape index (κ3) is 3.28. The smallest absolute Gasteiger partial charge is 0.255 e. The van der Waals surface area contributed by atoms with Crippen LogP contribution < -0.4 is 0 Å². The summed E-state index contributed by atoms with van der Waals surface area (Å²) in [5, 5.41) is 0. The van der Waals surface area contributed by atoms with E-state index in [1.165, 1.54) is 0 Å². The van der Waals surface area contributed by atoms with Crippen LogP contribution in [0.5, 0.6) is 0 Å². The van der Waals surface area contributed by atoms with Crippen molar-refractivity contribution in [3.63, 3.8) is 0 Å². The Labute approximate surface area is 122 Å². The molecule has 3 nitrogen and oxygen atoms in total. The first-order valence-electron chi connectivity index (χ1n) is 6.04. The van der Waals surface area contributed by atoms with Crippen LogP contribution >= 0.6 is 28.6 Å². The number of hydrogen-bond acceptors (Lipinski definition) is 3. The second-order valence-electron chi connectivity index (χ2n) is 4.61. The Kier molecular flexibility index (Phi) is 4.70. The molecule has 1 aliphatic heterocycles. The molecule has 0 aromatic heterocycles. The normalized spacial score (nSPS) is 17.6. The van der Waals surface area contributed by atoms with Gasteiger partial charge in [0, 0.05) is 29.0 Å². The minimum Gasteiger partial charge on any atom is -0.337 e. The van der Waals surface area contributed by atoms with E-state index < -0.39 is 0 Å². The maximum atomic E-state index is 12.4. The Bertz CT molecular complexity index is 453. The first-order chi connectivity index (χ1) is 8.58. The molecule has 1 aliphatic rings. The highest BCUT2D eigenvalue weighted by Crippen LogP contribution is 2.21. The van der Waals surface area contributed by atoms with Gasteiger partial charge in [0.05, 0.1) is 5.56 Å². The van der Waals surface area contributed by atoms with Crippen molar-refractivity contribution in [2.24, 2.45) is 0 Å². The predicted octanol–water partition coefficient (Wildman–Crippen LogP) is 2.52. The average molecular weight is 329 g/mol. The van der Waals surface area contributed by atoms with E-state index in [0.29, 0.717) is 5.56 Å². The van der Waals surface area contributed by atoms with Crippen molar-refractivity contribution < 1.29 is 4.79 Å². The van der Waals surface area contributed by atoms with Gasteiger partial charge in [-0.25, -0.2) is 0 Å². The highest BCUT2D eigenvalue weighted by molar-refractivity contribution is 9.10. The number of halogens is 1. The minimum atomic E-state index is 0.0859. The summed E-state index contributed by atoms with van der Waals surface area (Å²) in [6.45, 7) is 3.60. The monoisotopic (exact) mass is 328 g/mol. The molecule has 0 unspecified atom stereocenters. The molecule has 0 radical (unpaired) electrons. The molecule has 1 fully saturated rings. The first-order valence-corrected chi connectivity index (χ1v) is 7.28. The lowest BCUT2D eigenvalue weighted by Crippen LogP contribution is -2.34. The highest BCUT2D eigenvalue weighted by Gasteiger charge is 2.20. The standard InChI is InChI=1S/C13H17BrN2OS/c1-15-5-2-6-16(8-7-15)13(17)11-4-3-10(14)9-12(11)18/h3-4,9,18H,2,5-8H2,1H3. The second-order valence-corrected chi connectivity index (χ2v) is 6.01. The van der Waals surface area contributed by atoms with Crippen LogP contribution in [0.3, 0.4) is 0 Å². The number of carbonyl (C=O) groups excluding carboxylic acids is 1. The molecule has 1 aromatic rings. The van der Waals surface area contributed by atoms with E-state index in [-0.39, 0.29) is 5.91 Å². The molecule has 1 amide bonds.